The molecule has 1 aliphatic carbocycles. The first-order valence-corrected chi connectivity index (χ1v) is 6.68. The van der Waals surface area contributed by atoms with E-state index in [1.54, 1.807) is 12.5 Å². The van der Waals surface area contributed by atoms with E-state index in [1.165, 1.54) is 0 Å². The SMILES string of the molecule is O=C(O)C1CCc2cc(OCCn3ccnc3)ccc21. The van der Waals surface area contributed by atoms with Crippen LogP contribution in [-0.2, 0) is 17.8 Å². The Bertz CT molecular complexity index is 608. The highest BCUT2D eigenvalue weighted by Crippen LogP contribution is 2.35. The molecule has 0 saturated carbocycles. The molecule has 0 saturated heterocycles. The Morgan fingerprint density at radius 3 is 3.15 bits per heavy atom. The minimum atomic E-state index is -0.738. The van der Waals surface area contributed by atoms with Gasteiger partial charge in [0, 0.05) is 12.4 Å². The number of hydrogen-bond donors (Lipinski definition) is 1. The van der Waals surface area contributed by atoms with Gasteiger partial charge < -0.3 is 14.4 Å². The molecule has 0 radical (unpaired) electrons. The molecule has 0 aliphatic heterocycles. The molecular formula is C15H16N2O3. The van der Waals surface area contributed by atoms with Crippen LogP contribution in [0.25, 0.3) is 0 Å². The van der Waals surface area contributed by atoms with E-state index in [0.29, 0.717) is 13.0 Å². The molecule has 1 unspecified atom stereocenters. The fourth-order valence-corrected chi connectivity index (χ4v) is 2.63. The summed E-state index contributed by atoms with van der Waals surface area (Å²) in [7, 11) is 0. The summed E-state index contributed by atoms with van der Waals surface area (Å²) in [6.07, 6.45) is 6.88. The van der Waals surface area contributed by atoms with Crippen LogP contribution in [0.15, 0.2) is 36.9 Å². The number of aliphatic carboxylic acids is 1. The Morgan fingerprint density at radius 1 is 1.50 bits per heavy atom. The van der Waals surface area contributed by atoms with Gasteiger partial charge in [-0.25, -0.2) is 4.98 Å². The maximum Gasteiger partial charge on any atom is 0.310 e. The van der Waals surface area contributed by atoms with Gasteiger partial charge in [-0.3, -0.25) is 4.79 Å². The summed E-state index contributed by atoms with van der Waals surface area (Å²) in [6.45, 7) is 1.31. The molecule has 1 N–H and O–H groups in total. The average molecular weight is 272 g/mol. The molecule has 1 atom stereocenters. The lowest BCUT2D eigenvalue weighted by Gasteiger charge is -2.10. The Kier molecular flexibility index (Phi) is 3.41. The Labute approximate surface area is 116 Å². The van der Waals surface area contributed by atoms with Crippen LogP contribution in [-0.4, -0.2) is 27.2 Å². The number of carboxylic acid groups (broad SMARTS) is 1. The molecular weight excluding hydrogens is 256 g/mol. The summed E-state index contributed by atoms with van der Waals surface area (Å²) in [4.78, 5) is 15.1. The first-order valence-electron chi connectivity index (χ1n) is 6.68. The quantitative estimate of drug-likeness (QED) is 0.905. The number of carbonyl (C=O) groups is 1. The number of rotatable bonds is 5. The zero-order valence-corrected chi connectivity index (χ0v) is 11.0. The zero-order valence-electron chi connectivity index (χ0n) is 11.0. The van der Waals surface area contributed by atoms with Crippen molar-refractivity contribution in [2.45, 2.75) is 25.3 Å². The number of aromatic nitrogens is 2. The normalized spacial score (nSPS) is 16.9. The van der Waals surface area contributed by atoms with Gasteiger partial charge in [-0.05, 0) is 36.1 Å². The van der Waals surface area contributed by atoms with E-state index < -0.39 is 5.97 Å². The lowest BCUT2D eigenvalue weighted by molar-refractivity contribution is -0.138. The Morgan fingerprint density at radius 2 is 2.40 bits per heavy atom. The number of nitrogens with zero attached hydrogens (tertiary/aromatic N) is 2. The van der Waals surface area contributed by atoms with Crippen molar-refractivity contribution in [2.75, 3.05) is 6.61 Å². The number of benzene rings is 1. The van der Waals surface area contributed by atoms with Gasteiger partial charge in [0.05, 0.1) is 18.8 Å². The highest BCUT2D eigenvalue weighted by molar-refractivity contribution is 5.78. The summed E-state index contributed by atoms with van der Waals surface area (Å²) in [5, 5.41) is 9.14. The molecule has 1 aromatic heterocycles. The number of aryl methyl sites for hydroxylation is 1. The van der Waals surface area contributed by atoms with Gasteiger partial charge in [-0.1, -0.05) is 6.07 Å². The van der Waals surface area contributed by atoms with Gasteiger partial charge in [0.15, 0.2) is 0 Å². The second-order valence-corrected chi connectivity index (χ2v) is 4.94. The summed E-state index contributed by atoms with van der Waals surface area (Å²) < 4.78 is 7.66. The topological polar surface area (TPSA) is 64.3 Å². The lowest BCUT2D eigenvalue weighted by Crippen LogP contribution is -2.08. The van der Waals surface area contributed by atoms with Crippen LogP contribution in [0.4, 0.5) is 0 Å². The molecule has 0 spiro atoms. The lowest BCUT2D eigenvalue weighted by atomic mass is 10.0. The first-order chi connectivity index (χ1) is 9.74. The molecule has 0 bridgehead atoms. The minimum Gasteiger partial charge on any atom is -0.492 e. The van der Waals surface area contributed by atoms with E-state index in [1.807, 2.05) is 29.0 Å². The summed E-state index contributed by atoms with van der Waals surface area (Å²) in [6, 6.07) is 5.70. The van der Waals surface area contributed by atoms with E-state index >= 15 is 0 Å². The molecule has 0 fully saturated rings. The maximum atomic E-state index is 11.1. The first kappa shape index (κ1) is 12.7. The number of ether oxygens (including phenoxy) is 1. The predicted molar refractivity (Wildman–Crippen MR) is 72.9 cm³/mol. The molecule has 5 heteroatoms. The summed E-state index contributed by atoms with van der Waals surface area (Å²) in [5.41, 5.74) is 2.02. The van der Waals surface area contributed by atoms with Crippen molar-refractivity contribution < 1.29 is 14.6 Å². The van der Waals surface area contributed by atoms with E-state index in [2.05, 4.69) is 4.98 Å². The molecule has 3 rings (SSSR count). The molecule has 1 aliphatic rings. The number of carboxylic acids is 1. The van der Waals surface area contributed by atoms with Gasteiger partial charge in [0.25, 0.3) is 0 Å². The molecule has 2 aromatic rings. The second kappa shape index (κ2) is 5.36. The van der Waals surface area contributed by atoms with Gasteiger partial charge in [-0.2, -0.15) is 0 Å². The van der Waals surface area contributed by atoms with Crippen LogP contribution < -0.4 is 4.74 Å². The van der Waals surface area contributed by atoms with Crippen LogP contribution in [0.2, 0.25) is 0 Å². The second-order valence-electron chi connectivity index (χ2n) is 4.94. The third-order valence-electron chi connectivity index (χ3n) is 3.67. The van der Waals surface area contributed by atoms with Crippen LogP contribution in [0.5, 0.6) is 5.75 Å². The molecule has 1 heterocycles. The summed E-state index contributed by atoms with van der Waals surface area (Å²) in [5.74, 6) is -0.294. The van der Waals surface area contributed by atoms with E-state index in [0.717, 1.165) is 29.8 Å². The molecule has 1 aromatic carbocycles. The number of imidazole rings is 1. The largest absolute Gasteiger partial charge is 0.492 e. The Balaban J connectivity index is 1.63. The van der Waals surface area contributed by atoms with E-state index in [-0.39, 0.29) is 5.92 Å². The van der Waals surface area contributed by atoms with Crippen molar-refractivity contribution in [2.24, 2.45) is 0 Å². The third-order valence-corrected chi connectivity index (χ3v) is 3.67. The highest BCUT2D eigenvalue weighted by atomic mass is 16.5. The van der Waals surface area contributed by atoms with Crippen LogP contribution in [0.3, 0.4) is 0 Å². The van der Waals surface area contributed by atoms with Crippen molar-refractivity contribution >= 4 is 5.97 Å². The predicted octanol–water partition coefficient (Wildman–Crippen LogP) is 2.08. The summed E-state index contributed by atoms with van der Waals surface area (Å²) >= 11 is 0. The fraction of sp³-hybridized carbons (Fsp3) is 0.333. The van der Waals surface area contributed by atoms with Crippen LogP contribution >= 0.6 is 0 Å². The van der Waals surface area contributed by atoms with E-state index in [4.69, 9.17) is 9.84 Å². The van der Waals surface area contributed by atoms with Crippen molar-refractivity contribution in [3.8, 4) is 5.75 Å². The number of fused-ring (bicyclic) bond motifs is 1. The van der Waals surface area contributed by atoms with Crippen molar-refractivity contribution in [3.05, 3.63) is 48.0 Å². The van der Waals surface area contributed by atoms with Crippen LogP contribution in [0.1, 0.15) is 23.5 Å². The van der Waals surface area contributed by atoms with Crippen molar-refractivity contribution in [1.29, 1.82) is 0 Å². The third kappa shape index (κ3) is 2.52. The standard InChI is InChI=1S/C15H16N2O3/c18-15(19)14-3-1-11-9-12(2-4-13(11)14)20-8-7-17-6-5-16-10-17/h2,4-6,9-10,14H,1,3,7-8H2,(H,18,19). The monoisotopic (exact) mass is 272 g/mol. The highest BCUT2D eigenvalue weighted by Gasteiger charge is 2.28. The number of hydrogen-bond acceptors (Lipinski definition) is 3. The van der Waals surface area contributed by atoms with Gasteiger partial charge in [0.1, 0.15) is 12.4 Å². The fourth-order valence-electron chi connectivity index (χ4n) is 2.63. The maximum absolute atomic E-state index is 11.1. The molecule has 20 heavy (non-hydrogen) atoms. The van der Waals surface area contributed by atoms with Crippen molar-refractivity contribution in [1.82, 2.24) is 9.55 Å². The molecule has 0 amide bonds. The van der Waals surface area contributed by atoms with E-state index in [9.17, 15) is 4.79 Å². The van der Waals surface area contributed by atoms with Crippen molar-refractivity contribution in [3.63, 3.8) is 0 Å². The molecule has 104 valence electrons. The van der Waals surface area contributed by atoms with Gasteiger partial charge in [0.2, 0.25) is 0 Å². The Hall–Kier alpha value is -2.30. The average Bonchev–Trinajstić information content (AvgIpc) is 3.06. The zero-order chi connectivity index (χ0) is 13.9. The van der Waals surface area contributed by atoms with Gasteiger partial charge in [-0.15, -0.1) is 0 Å². The van der Waals surface area contributed by atoms with Crippen LogP contribution in [0, 0.1) is 0 Å². The smallest absolute Gasteiger partial charge is 0.310 e. The van der Waals surface area contributed by atoms with Gasteiger partial charge >= 0.3 is 5.97 Å². The molecule has 5 nitrogen and oxygen atoms in total. The minimum absolute atomic E-state index is 0.356.